The average Bonchev–Trinajstić information content (AvgIpc) is 3.41. The third kappa shape index (κ3) is 4.36. The van der Waals surface area contributed by atoms with Crippen LogP contribution in [0.15, 0.2) is 72.8 Å². The van der Waals surface area contributed by atoms with Gasteiger partial charge in [0.15, 0.2) is 0 Å². The van der Waals surface area contributed by atoms with Crippen molar-refractivity contribution < 1.29 is 19.4 Å². The van der Waals surface area contributed by atoms with Gasteiger partial charge in [0.1, 0.15) is 12.6 Å². The number of benzene rings is 3. The Hall–Kier alpha value is -3.80. The zero-order chi connectivity index (χ0) is 23.5. The van der Waals surface area contributed by atoms with Crippen molar-refractivity contribution in [1.29, 1.82) is 0 Å². The van der Waals surface area contributed by atoms with E-state index in [-0.39, 0.29) is 12.5 Å². The zero-order valence-corrected chi connectivity index (χ0v) is 18.9. The number of amides is 1. The summed E-state index contributed by atoms with van der Waals surface area (Å²) in [4.78, 5) is 26.6. The van der Waals surface area contributed by atoms with Crippen LogP contribution in [0.4, 0.5) is 10.5 Å². The van der Waals surface area contributed by atoms with E-state index in [0.717, 1.165) is 41.8 Å². The van der Waals surface area contributed by atoms with Gasteiger partial charge >= 0.3 is 12.1 Å². The molecule has 0 radical (unpaired) electrons. The van der Waals surface area contributed by atoms with Gasteiger partial charge in [-0.1, -0.05) is 66.7 Å². The average molecular weight is 457 g/mol. The number of nitrogens with one attached hydrogen (secondary N) is 1. The van der Waals surface area contributed by atoms with E-state index in [4.69, 9.17) is 4.74 Å². The lowest BCUT2D eigenvalue weighted by molar-refractivity contribution is -0.139. The minimum Gasteiger partial charge on any atom is -0.480 e. The number of alkyl carbamates (subject to hydrolysis) is 1. The normalized spacial score (nSPS) is 14.8. The summed E-state index contributed by atoms with van der Waals surface area (Å²) in [6.07, 6.45) is 1.32. The van der Waals surface area contributed by atoms with Gasteiger partial charge in [0.05, 0.1) is 0 Å². The van der Waals surface area contributed by atoms with E-state index in [2.05, 4.69) is 46.6 Å². The van der Waals surface area contributed by atoms with Crippen LogP contribution in [-0.2, 0) is 16.0 Å². The van der Waals surface area contributed by atoms with Crippen LogP contribution in [-0.4, -0.2) is 42.9 Å². The van der Waals surface area contributed by atoms with Crippen molar-refractivity contribution in [3.63, 3.8) is 0 Å². The first-order valence-electron chi connectivity index (χ1n) is 11.8. The van der Waals surface area contributed by atoms with Gasteiger partial charge in [0, 0.05) is 24.7 Å². The van der Waals surface area contributed by atoms with Crippen LogP contribution in [0.25, 0.3) is 11.1 Å². The fourth-order valence-electron chi connectivity index (χ4n) is 5.16. The van der Waals surface area contributed by atoms with Gasteiger partial charge in [-0.25, -0.2) is 9.59 Å². The third-order valence-corrected chi connectivity index (χ3v) is 6.84. The molecule has 0 bridgehead atoms. The van der Waals surface area contributed by atoms with E-state index < -0.39 is 18.1 Å². The summed E-state index contributed by atoms with van der Waals surface area (Å²) in [6, 6.07) is 23.6. The molecular formula is C28H28N2O4. The second kappa shape index (κ2) is 9.59. The highest BCUT2D eigenvalue weighted by atomic mass is 16.5. The maximum Gasteiger partial charge on any atom is 0.407 e. The van der Waals surface area contributed by atoms with Gasteiger partial charge in [0.25, 0.3) is 0 Å². The van der Waals surface area contributed by atoms with E-state index in [1.54, 1.807) is 0 Å². The summed E-state index contributed by atoms with van der Waals surface area (Å²) < 4.78 is 5.52. The van der Waals surface area contributed by atoms with Crippen molar-refractivity contribution in [3.8, 4) is 11.1 Å². The van der Waals surface area contributed by atoms with Gasteiger partial charge in [-0.3, -0.25) is 0 Å². The van der Waals surface area contributed by atoms with Crippen molar-refractivity contribution in [2.75, 3.05) is 24.6 Å². The predicted octanol–water partition coefficient (Wildman–Crippen LogP) is 4.82. The molecule has 2 aliphatic rings. The number of aliphatic carboxylic acids is 1. The Balaban J connectivity index is 1.16. The van der Waals surface area contributed by atoms with Crippen LogP contribution in [0.1, 0.15) is 35.4 Å². The Morgan fingerprint density at radius 1 is 0.971 bits per heavy atom. The summed E-state index contributed by atoms with van der Waals surface area (Å²) in [6.45, 7) is 1.86. The van der Waals surface area contributed by atoms with Crippen molar-refractivity contribution >= 4 is 17.7 Å². The highest BCUT2D eigenvalue weighted by molar-refractivity contribution is 5.81. The number of carboxylic acid groups (broad SMARTS) is 1. The number of carbonyl (C=O) groups is 2. The molecule has 0 saturated heterocycles. The molecule has 6 nitrogen and oxygen atoms in total. The molecule has 1 atom stereocenters. The first-order chi connectivity index (χ1) is 16.6. The van der Waals surface area contributed by atoms with Crippen LogP contribution in [0.3, 0.4) is 0 Å². The Kier molecular flexibility index (Phi) is 6.21. The predicted molar refractivity (Wildman–Crippen MR) is 131 cm³/mol. The minimum absolute atomic E-state index is 0.0586. The largest absolute Gasteiger partial charge is 0.480 e. The number of fused-ring (bicyclic) bond motifs is 4. The summed E-state index contributed by atoms with van der Waals surface area (Å²) >= 11 is 0. The summed E-state index contributed by atoms with van der Waals surface area (Å²) in [5.74, 6) is -1.10. The van der Waals surface area contributed by atoms with Gasteiger partial charge in [0.2, 0.25) is 0 Å². The highest BCUT2D eigenvalue weighted by Crippen LogP contribution is 2.44. The van der Waals surface area contributed by atoms with Crippen molar-refractivity contribution in [1.82, 2.24) is 5.32 Å². The quantitative estimate of drug-likeness (QED) is 0.508. The molecule has 1 aliphatic heterocycles. The summed E-state index contributed by atoms with van der Waals surface area (Å²) in [5.41, 5.74) is 7.10. The lowest BCUT2D eigenvalue weighted by Crippen LogP contribution is -2.42. The van der Waals surface area contributed by atoms with Crippen LogP contribution in [0.2, 0.25) is 0 Å². The first kappa shape index (κ1) is 22.0. The van der Waals surface area contributed by atoms with Crippen LogP contribution >= 0.6 is 0 Å². The molecule has 1 aliphatic carbocycles. The minimum atomic E-state index is -1.05. The van der Waals surface area contributed by atoms with Crippen molar-refractivity contribution in [3.05, 3.63) is 89.5 Å². The zero-order valence-electron chi connectivity index (χ0n) is 18.9. The SMILES string of the molecule is O=C(N[C@@H](CCCN1CCc2ccccc21)C(=O)O)OCC1c2ccccc2-c2ccccc21. The number of nitrogens with zero attached hydrogens (tertiary/aromatic N) is 1. The fourth-order valence-corrected chi connectivity index (χ4v) is 5.16. The number of para-hydroxylation sites is 1. The Bertz CT molecular complexity index is 1160. The first-order valence-corrected chi connectivity index (χ1v) is 11.8. The molecule has 0 saturated carbocycles. The van der Waals surface area contributed by atoms with Crippen LogP contribution in [0.5, 0.6) is 0 Å². The molecule has 0 spiro atoms. The molecular weight excluding hydrogens is 428 g/mol. The van der Waals surface area contributed by atoms with E-state index in [1.807, 2.05) is 36.4 Å². The molecule has 3 aromatic carbocycles. The number of hydrogen-bond donors (Lipinski definition) is 2. The Morgan fingerprint density at radius 2 is 1.62 bits per heavy atom. The number of hydrogen-bond acceptors (Lipinski definition) is 4. The van der Waals surface area contributed by atoms with Gasteiger partial charge in [-0.15, -0.1) is 0 Å². The molecule has 6 heteroatoms. The lowest BCUT2D eigenvalue weighted by atomic mass is 9.98. The Labute approximate surface area is 199 Å². The van der Waals surface area contributed by atoms with Crippen LogP contribution < -0.4 is 10.2 Å². The number of carboxylic acids is 1. The van der Waals surface area contributed by atoms with Gasteiger partial charge < -0.3 is 20.1 Å². The molecule has 1 heterocycles. The standard InChI is InChI=1S/C28H28N2O4/c31-27(32)25(13-7-16-30-17-15-19-8-1-6-14-26(19)30)29-28(33)34-18-24-22-11-4-2-9-20(22)21-10-3-5-12-23(21)24/h1-6,8-12,14,24-25H,7,13,15-18H2,(H,29,33)(H,31,32)/t25-/m0/s1. The van der Waals surface area contributed by atoms with E-state index in [1.165, 1.54) is 11.3 Å². The number of ether oxygens (including phenoxy) is 1. The molecule has 0 fully saturated rings. The number of rotatable bonds is 8. The van der Waals surface area contributed by atoms with E-state index >= 15 is 0 Å². The van der Waals surface area contributed by atoms with E-state index in [0.29, 0.717) is 12.8 Å². The maximum atomic E-state index is 12.5. The van der Waals surface area contributed by atoms with Crippen LogP contribution in [0, 0.1) is 0 Å². The molecule has 5 rings (SSSR count). The van der Waals surface area contributed by atoms with E-state index in [9.17, 15) is 14.7 Å². The Morgan fingerprint density at radius 3 is 2.32 bits per heavy atom. The topological polar surface area (TPSA) is 78.9 Å². The van der Waals surface area contributed by atoms with Crippen molar-refractivity contribution in [2.45, 2.75) is 31.2 Å². The monoisotopic (exact) mass is 456 g/mol. The molecule has 3 aromatic rings. The smallest absolute Gasteiger partial charge is 0.407 e. The number of anilines is 1. The molecule has 0 unspecified atom stereocenters. The fraction of sp³-hybridized carbons (Fsp3) is 0.286. The second-order valence-corrected chi connectivity index (χ2v) is 8.87. The lowest BCUT2D eigenvalue weighted by Gasteiger charge is -2.21. The van der Waals surface area contributed by atoms with Gasteiger partial charge in [-0.05, 0) is 53.1 Å². The van der Waals surface area contributed by atoms with Gasteiger partial charge in [-0.2, -0.15) is 0 Å². The number of carbonyl (C=O) groups excluding carboxylic acids is 1. The summed E-state index contributed by atoms with van der Waals surface area (Å²) in [7, 11) is 0. The molecule has 0 aromatic heterocycles. The highest BCUT2D eigenvalue weighted by Gasteiger charge is 2.30. The maximum absolute atomic E-state index is 12.5. The molecule has 2 N–H and O–H groups in total. The molecule has 174 valence electrons. The van der Waals surface area contributed by atoms with Crippen molar-refractivity contribution in [2.24, 2.45) is 0 Å². The molecule has 1 amide bonds. The third-order valence-electron chi connectivity index (χ3n) is 6.84. The summed E-state index contributed by atoms with van der Waals surface area (Å²) in [5, 5.41) is 12.2. The molecule has 34 heavy (non-hydrogen) atoms. The second-order valence-electron chi connectivity index (χ2n) is 8.87.